The SMILES string of the molecule is CC(C)Oc1cc2nccn2cc1C(=O)OC12CCC(CF)(C1)OC2. The Balaban J connectivity index is 1.63. The molecule has 2 atom stereocenters. The first kappa shape index (κ1) is 16.3. The van der Waals surface area contributed by atoms with Crippen LogP contribution in [0.5, 0.6) is 5.75 Å². The molecule has 0 spiro atoms. The highest BCUT2D eigenvalue weighted by Gasteiger charge is 2.58. The van der Waals surface area contributed by atoms with Gasteiger partial charge in [0, 0.05) is 31.1 Å². The maximum atomic E-state index is 13.3. The van der Waals surface area contributed by atoms with Gasteiger partial charge in [-0.1, -0.05) is 0 Å². The summed E-state index contributed by atoms with van der Waals surface area (Å²) in [4.78, 5) is 17.1. The third kappa shape index (κ3) is 2.76. The number of fused-ring (bicyclic) bond motifs is 3. The zero-order valence-corrected chi connectivity index (χ0v) is 14.3. The van der Waals surface area contributed by atoms with Crippen LogP contribution in [-0.2, 0) is 9.47 Å². The molecule has 134 valence electrons. The molecule has 1 aliphatic heterocycles. The quantitative estimate of drug-likeness (QED) is 0.778. The maximum Gasteiger partial charge on any atom is 0.344 e. The molecule has 2 bridgehead atoms. The molecule has 25 heavy (non-hydrogen) atoms. The molecule has 1 aliphatic carbocycles. The third-order valence-electron chi connectivity index (χ3n) is 4.95. The van der Waals surface area contributed by atoms with Gasteiger partial charge in [0.25, 0.3) is 0 Å². The largest absolute Gasteiger partial charge is 0.490 e. The van der Waals surface area contributed by atoms with Crippen LogP contribution in [0.3, 0.4) is 0 Å². The van der Waals surface area contributed by atoms with E-state index in [1.54, 1.807) is 29.1 Å². The number of aromatic nitrogens is 2. The average Bonchev–Trinajstić information content (AvgIpc) is 3.26. The summed E-state index contributed by atoms with van der Waals surface area (Å²) >= 11 is 0. The zero-order valence-electron chi connectivity index (χ0n) is 14.3. The van der Waals surface area contributed by atoms with E-state index in [-0.39, 0.29) is 12.7 Å². The summed E-state index contributed by atoms with van der Waals surface area (Å²) in [5.41, 5.74) is -0.487. The van der Waals surface area contributed by atoms with E-state index in [1.807, 2.05) is 13.8 Å². The number of carbonyl (C=O) groups excluding carboxylic acids is 1. The Bertz CT molecular complexity index is 809. The van der Waals surface area contributed by atoms with Crippen LogP contribution in [0.4, 0.5) is 4.39 Å². The Morgan fingerprint density at radius 2 is 2.32 bits per heavy atom. The number of nitrogens with zero attached hydrogens (tertiary/aromatic N) is 2. The lowest BCUT2D eigenvalue weighted by molar-refractivity contribution is -0.0725. The van der Waals surface area contributed by atoms with E-state index in [2.05, 4.69) is 4.98 Å². The molecule has 0 aromatic carbocycles. The molecule has 2 aromatic rings. The van der Waals surface area contributed by atoms with Gasteiger partial charge in [0.1, 0.15) is 34.8 Å². The van der Waals surface area contributed by atoms with Gasteiger partial charge in [-0.05, 0) is 26.7 Å². The summed E-state index contributed by atoms with van der Waals surface area (Å²) in [7, 11) is 0. The standard InChI is InChI=1S/C18H21FN2O4/c1-12(2)24-14-7-15-20-5-6-21(15)8-13(14)16(22)25-18-4-3-17(9-18,10-19)23-11-18/h5-8,12H,3-4,9-11H2,1-2H3. The second-order valence-electron chi connectivity index (χ2n) is 7.27. The number of alkyl halides is 1. The lowest BCUT2D eigenvalue weighted by atomic mass is 10.0. The number of ether oxygens (including phenoxy) is 3. The van der Waals surface area contributed by atoms with Crippen molar-refractivity contribution in [2.75, 3.05) is 13.3 Å². The predicted molar refractivity (Wildman–Crippen MR) is 87.6 cm³/mol. The fourth-order valence-electron chi connectivity index (χ4n) is 3.72. The Kier molecular flexibility index (Phi) is 3.72. The van der Waals surface area contributed by atoms with E-state index in [1.165, 1.54) is 0 Å². The lowest BCUT2D eigenvalue weighted by Crippen LogP contribution is -2.35. The highest BCUT2D eigenvalue weighted by Crippen LogP contribution is 2.49. The van der Waals surface area contributed by atoms with E-state index in [0.29, 0.717) is 36.2 Å². The average molecular weight is 348 g/mol. The summed E-state index contributed by atoms with van der Waals surface area (Å²) in [6, 6.07) is 1.72. The zero-order chi connectivity index (χ0) is 17.7. The predicted octanol–water partition coefficient (Wildman–Crippen LogP) is 2.94. The van der Waals surface area contributed by atoms with Crippen molar-refractivity contribution in [1.82, 2.24) is 9.38 Å². The molecule has 0 amide bonds. The molecule has 2 fully saturated rings. The number of hydrogen-bond acceptors (Lipinski definition) is 5. The minimum absolute atomic E-state index is 0.0948. The van der Waals surface area contributed by atoms with Crippen molar-refractivity contribution in [3.63, 3.8) is 0 Å². The minimum atomic E-state index is -0.772. The lowest BCUT2D eigenvalue weighted by Gasteiger charge is -2.27. The first-order valence-electron chi connectivity index (χ1n) is 8.51. The molecule has 7 heteroatoms. The number of hydrogen-bond donors (Lipinski definition) is 0. The van der Waals surface area contributed by atoms with Crippen molar-refractivity contribution in [3.8, 4) is 5.75 Å². The van der Waals surface area contributed by atoms with E-state index in [4.69, 9.17) is 14.2 Å². The van der Waals surface area contributed by atoms with Gasteiger partial charge >= 0.3 is 5.97 Å². The maximum absolute atomic E-state index is 13.3. The molecular formula is C18H21FN2O4. The van der Waals surface area contributed by atoms with Crippen LogP contribution in [0.15, 0.2) is 24.7 Å². The van der Waals surface area contributed by atoms with Gasteiger partial charge in [0.2, 0.25) is 0 Å². The highest BCUT2D eigenvalue weighted by molar-refractivity contribution is 5.93. The number of imidazole rings is 1. The molecule has 0 radical (unpaired) electrons. The monoisotopic (exact) mass is 348 g/mol. The van der Waals surface area contributed by atoms with Gasteiger partial charge < -0.3 is 18.6 Å². The first-order chi connectivity index (χ1) is 11.9. The smallest absolute Gasteiger partial charge is 0.344 e. The van der Waals surface area contributed by atoms with Gasteiger partial charge in [-0.25, -0.2) is 14.2 Å². The van der Waals surface area contributed by atoms with E-state index in [0.717, 1.165) is 0 Å². The Morgan fingerprint density at radius 3 is 2.96 bits per heavy atom. The van der Waals surface area contributed by atoms with Gasteiger partial charge in [-0.3, -0.25) is 0 Å². The molecule has 4 rings (SSSR count). The topological polar surface area (TPSA) is 62.1 Å². The molecule has 1 saturated carbocycles. The van der Waals surface area contributed by atoms with Crippen LogP contribution >= 0.6 is 0 Å². The number of rotatable bonds is 5. The van der Waals surface area contributed by atoms with E-state index in [9.17, 15) is 9.18 Å². The van der Waals surface area contributed by atoms with Crippen LogP contribution in [0, 0.1) is 0 Å². The summed E-state index contributed by atoms with van der Waals surface area (Å²) in [6.45, 7) is 3.48. The van der Waals surface area contributed by atoms with Crippen molar-refractivity contribution < 1.29 is 23.4 Å². The van der Waals surface area contributed by atoms with Gasteiger partial charge in [0.15, 0.2) is 0 Å². The second kappa shape index (κ2) is 5.69. The molecule has 1 saturated heterocycles. The van der Waals surface area contributed by atoms with Gasteiger partial charge in [-0.15, -0.1) is 0 Å². The normalized spacial score (nSPS) is 28.0. The van der Waals surface area contributed by atoms with Crippen molar-refractivity contribution in [3.05, 3.63) is 30.2 Å². The number of halogens is 1. The molecule has 2 unspecified atom stereocenters. The number of esters is 1. The summed E-state index contributed by atoms with van der Waals surface area (Å²) in [6.07, 6.45) is 6.58. The number of carbonyl (C=O) groups is 1. The van der Waals surface area contributed by atoms with Crippen LogP contribution in [0.1, 0.15) is 43.5 Å². The Morgan fingerprint density at radius 1 is 1.48 bits per heavy atom. The Hall–Kier alpha value is -2.15. The summed E-state index contributed by atoms with van der Waals surface area (Å²) in [5, 5.41) is 0. The minimum Gasteiger partial charge on any atom is -0.490 e. The second-order valence-corrected chi connectivity index (χ2v) is 7.27. The molecule has 0 N–H and O–H groups in total. The van der Waals surface area contributed by atoms with E-state index < -0.39 is 23.8 Å². The van der Waals surface area contributed by atoms with Crippen molar-refractivity contribution in [2.24, 2.45) is 0 Å². The van der Waals surface area contributed by atoms with Gasteiger partial charge in [-0.2, -0.15) is 0 Å². The van der Waals surface area contributed by atoms with Crippen molar-refractivity contribution in [2.45, 2.75) is 50.4 Å². The molecule has 6 nitrogen and oxygen atoms in total. The molecular weight excluding hydrogens is 327 g/mol. The summed E-state index contributed by atoms with van der Waals surface area (Å²) in [5.74, 6) is -0.0461. The first-order valence-corrected chi connectivity index (χ1v) is 8.51. The molecule has 3 heterocycles. The van der Waals surface area contributed by atoms with Crippen LogP contribution in [-0.4, -0.2) is 45.9 Å². The van der Waals surface area contributed by atoms with Gasteiger partial charge in [0.05, 0.1) is 12.7 Å². The third-order valence-corrected chi connectivity index (χ3v) is 4.95. The van der Waals surface area contributed by atoms with Crippen LogP contribution in [0.2, 0.25) is 0 Å². The molecule has 2 aromatic heterocycles. The van der Waals surface area contributed by atoms with Crippen molar-refractivity contribution in [1.29, 1.82) is 0 Å². The highest BCUT2D eigenvalue weighted by atomic mass is 19.1. The molecule has 2 aliphatic rings. The van der Waals surface area contributed by atoms with Crippen LogP contribution in [0.25, 0.3) is 5.65 Å². The number of pyridine rings is 1. The fraction of sp³-hybridized carbons (Fsp3) is 0.556. The Labute approximate surface area is 144 Å². The van der Waals surface area contributed by atoms with Crippen LogP contribution < -0.4 is 4.74 Å². The van der Waals surface area contributed by atoms with Crippen molar-refractivity contribution >= 4 is 11.6 Å². The van der Waals surface area contributed by atoms with E-state index >= 15 is 0 Å². The fourth-order valence-corrected chi connectivity index (χ4v) is 3.72. The summed E-state index contributed by atoms with van der Waals surface area (Å²) < 4.78 is 32.2.